The highest BCUT2D eigenvalue weighted by Gasteiger charge is 2.26. The second-order valence-corrected chi connectivity index (χ2v) is 5.14. The Bertz CT molecular complexity index is 729. The molecule has 0 saturated heterocycles. The second-order valence-electron chi connectivity index (χ2n) is 5.14. The molecule has 0 unspecified atom stereocenters. The van der Waals surface area contributed by atoms with Gasteiger partial charge < -0.3 is 14.9 Å². The summed E-state index contributed by atoms with van der Waals surface area (Å²) < 4.78 is 0. The molecule has 6 nitrogen and oxygen atoms in total. The average molecular weight is 272 g/mol. The van der Waals surface area contributed by atoms with E-state index in [1.165, 1.54) is 0 Å². The quantitative estimate of drug-likeness (QED) is 0.809. The van der Waals surface area contributed by atoms with Crippen LogP contribution in [-0.4, -0.2) is 32.3 Å². The topological polar surface area (TPSA) is 81.8 Å². The molecule has 6 heteroatoms. The molecular formula is C14H16N4O2. The predicted molar refractivity (Wildman–Crippen MR) is 73.6 cm³/mol. The van der Waals surface area contributed by atoms with Crippen molar-refractivity contribution in [2.75, 3.05) is 6.54 Å². The van der Waals surface area contributed by atoms with Gasteiger partial charge >= 0.3 is 0 Å². The van der Waals surface area contributed by atoms with Crippen molar-refractivity contribution in [3.8, 4) is 0 Å². The Morgan fingerprint density at radius 3 is 2.95 bits per heavy atom. The number of amides is 1. The van der Waals surface area contributed by atoms with Crippen LogP contribution in [0.3, 0.4) is 0 Å². The summed E-state index contributed by atoms with van der Waals surface area (Å²) in [4.78, 5) is 36.2. The van der Waals surface area contributed by atoms with E-state index in [0.29, 0.717) is 25.1 Å². The lowest BCUT2D eigenvalue weighted by Gasteiger charge is -2.26. The standard InChI is InChI=1S/C14H16N4O2/c1-8-5-9(2)17-13(19)12(8)14(20)18-4-3-10-11(6-18)16-7-15-10/h5,7H,3-4,6H2,1-2H3,(H,15,16)(H,17,19). The number of H-pyrrole nitrogens is 2. The minimum absolute atomic E-state index is 0.219. The van der Waals surface area contributed by atoms with Gasteiger partial charge in [-0.15, -0.1) is 0 Å². The highest BCUT2D eigenvalue weighted by molar-refractivity contribution is 5.95. The minimum Gasteiger partial charge on any atom is -0.347 e. The lowest BCUT2D eigenvalue weighted by Crippen LogP contribution is -2.39. The Labute approximate surface area is 115 Å². The first-order valence-electron chi connectivity index (χ1n) is 6.57. The molecule has 104 valence electrons. The van der Waals surface area contributed by atoms with Crippen molar-refractivity contribution in [2.24, 2.45) is 0 Å². The molecule has 3 rings (SSSR count). The minimum atomic E-state index is -0.317. The number of aryl methyl sites for hydroxylation is 2. The van der Waals surface area contributed by atoms with Gasteiger partial charge in [0.05, 0.1) is 24.3 Å². The van der Waals surface area contributed by atoms with Crippen LogP contribution in [0.15, 0.2) is 17.2 Å². The molecule has 0 radical (unpaired) electrons. The van der Waals surface area contributed by atoms with E-state index < -0.39 is 0 Å². The summed E-state index contributed by atoms with van der Waals surface area (Å²) in [6.45, 7) is 4.66. The van der Waals surface area contributed by atoms with Gasteiger partial charge in [0.15, 0.2) is 0 Å². The van der Waals surface area contributed by atoms with E-state index in [0.717, 1.165) is 17.1 Å². The lowest BCUT2D eigenvalue weighted by molar-refractivity contribution is 0.0729. The van der Waals surface area contributed by atoms with Crippen molar-refractivity contribution in [1.29, 1.82) is 0 Å². The van der Waals surface area contributed by atoms with Crippen molar-refractivity contribution < 1.29 is 4.79 Å². The molecule has 1 aliphatic rings. The van der Waals surface area contributed by atoms with E-state index >= 15 is 0 Å². The number of hydrogen-bond acceptors (Lipinski definition) is 3. The Kier molecular flexibility index (Phi) is 2.93. The van der Waals surface area contributed by atoms with Gasteiger partial charge in [0.2, 0.25) is 0 Å². The van der Waals surface area contributed by atoms with Gasteiger partial charge in [-0.2, -0.15) is 0 Å². The van der Waals surface area contributed by atoms with E-state index in [9.17, 15) is 9.59 Å². The molecule has 2 aromatic heterocycles. The van der Waals surface area contributed by atoms with Crippen molar-refractivity contribution in [3.63, 3.8) is 0 Å². The Morgan fingerprint density at radius 2 is 2.20 bits per heavy atom. The van der Waals surface area contributed by atoms with Crippen LogP contribution in [0.1, 0.15) is 33.0 Å². The SMILES string of the molecule is Cc1cc(C)c(C(=O)N2CCc3nc[nH]c3C2)c(=O)[nH]1. The zero-order valence-electron chi connectivity index (χ0n) is 11.5. The molecule has 3 heterocycles. The summed E-state index contributed by atoms with van der Waals surface area (Å²) in [5.41, 5.74) is 3.35. The van der Waals surface area contributed by atoms with Gasteiger partial charge in [0, 0.05) is 18.7 Å². The molecule has 2 aromatic rings. The zero-order valence-corrected chi connectivity index (χ0v) is 11.5. The molecule has 0 aromatic carbocycles. The maximum Gasteiger partial charge on any atom is 0.261 e. The van der Waals surface area contributed by atoms with Crippen LogP contribution in [0.2, 0.25) is 0 Å². The first-order valence-corrected chi connectivity index (χ1v) is 6.57. The summed E-state index contributed by atoms with van der Waals surface area (Å²) in [6.07, 6.45) is 2.36. The van der Waals surface area contributed by atoms with Crippen LogP contribution in [0.4, 0.5) is 0 Å². The Morgan fingerprint density at radius 1 is 1.40 bits per heavy atom. The van der Waals surface area contributed by atoms with E-state index in [1.807, 2.05) is 6.07 Å². The number of hydrogen-bond donors (Lipinski definition) is 2. The first kappa shape index (κ1) is 12.7. The molecular weight excluding hydrogens is 256 g/mol. The van der Waals surface area contributed by atoms with Gasteiger partial charge in [0.25, 0.3) is 11.5 Å². The van der Waals surface area contributed by atoms with Gasteiger partial charge in [-0.25, -0.2) is 4.98 Å². The Hall–Kier alpha value is -2.37. The molecule has 0 saturated carbocycles. The van der Waals surface area contributed by atoms with Crippen molar-refractivity contribution in [1.82, 2.24) is 19.9 Å². The monoisotopic (exact) mass is 272 g/mol. The van der Waals surface area contributed by atoms with Gasteiger partial charge in [-0.1, -0.05) is 0 Å². The normalized spacial score (nSPS) is 14.2. The largest absolute Gasteiger partial charge is 0.347 e. The van der Waals surface area contributed by atoms with Crippen LogP contribution < -0.4 is 5.56 Å². The Balaban J connectivity index is 1.93. The number of imidazole rings is 1. The summed E-state index contributed by atoms with van der Waals surface area (Å²) in [5.74, 6) is -0.219. The summed E-state index contributed by atoms with van der Waals surface area (Å²) >= 11 is 0. The third-order valence-corrected chi connectivity index (χ3v) is 3.64. The maximum absolute atomic E-state index is 12.6. The highest BCUT2D eigenvalue weighted by Crippen LogP contribution is 2.17. The first-order chi connectivity index (χ1) is 9.56. The fourth-order valence-corrected chi connectivity index (χ4v) is 2.66. The fraction of sp³-hybridized carbons (Fsp3) is 0.357. The number of aromatic amines is 2. The maximum atomic E-state index is 12.6. The summed E-state index contributed by atoms with van der Waals surface area (Å²) in [7, 11) is 0. The smallest absolute Gasteiger partial charge is 0.261 e. The van der Waals surface area contributed by atoms with Gasteiger partial charge in [-0.05, 0) is 25.5 Å². The van der Waals surface area contributed by atoms with Crippen molar-refractivity contribution in [3.05, 3.63) is 51.0 Å². The fourth-order valence-electron chi connectivity index (χ4n) is 2.66. The molecule has 0 aliphatic carbocycles. The molecule has 2 N–H and O–H groups in total. The van der Waals surface area contributed by atoms with Gasteiger partial charge in [-0.3, -0.25) is 9.59 Å². The van der Waals surface area contributed by atoms with E-state index in [-0.39, 0.29) is 17.0 Å². The van der Waals surface area contributed by atoms with E-state index in [4.69, 9.17) is 0 Å². The number of rotatable bonds is 1. The molecule has 0 fully saturated rings. The van der Waals surface area contributed by atoms with Crippen LogP contribution in [0.5, 0.6) is 0 Å². The molecule has 0 bridgehead atoms. The van der Waals surface area contributed by atoms with Gasteiger partial charge in [0.1, 0.15) is 5.56 Å². The molecule has 20 heavy (non-hydrogen) atoms. The van der Waals surface area contributed by atoms with Crippen LogP contribution in [-0.2, 0) is 13.0 Å². The third-order valence-electron chi connectivity index (χ3n) is 3.64. The number of carbonyl (C=O) groups excluding carboxylic acids is 1. The molecule has 0 spiro atoms. The van der Waals surface area contributed by atoms with Crippen LogP contribution >= 0.6 is 0 Å². The number of pyridine rings is 1. The molecule has 0 atom stereocenters. The number of nitrogens with one attached hydrogen (secondary N) is 2. The lowest BCUT2D eigenvalue weighted by atomic mass is 10.1. The number of fused-ring (bicyclic) bond motifs is 1. The predicted octanol–water partition coefficient (Wildman–Crippen LogP) is 0.913. The summed E-state index contributed by atoms with van der Waals surface area (Å²) in [5, 5.41) is 0. The van der Waals surface area contributed by atoms with Crippen molar-refractivity contribution >= 4 is 5.91 Å². The van der Waals surface area contributed by atoms with Crippen LogP contribution in [0.25, 0.3) is 0 Å². The number of aromatic nitrogens is 3. The number of nitrogens with zero attached hydrogens (tertiary/aromatic N) is 2. The third kappa shape index (κ3) is 2.03. The molecule has 1 aliphatic heterocycles. The zero-order chi connectivity index (χ0) is 14.3. The van der Waals surface area contributed by atoms with E-state index in [1.54, 1.807) is 25.1 Å². The number of carbonyl (C=O) groups is 1. The van der Waals surface area contributed by atoms with Crippen molar-refractivity contribution in [2.45, 2.75) is 26.8 Å². The van der Waals surface area contributed by atoms with Crippen LogP contribution in [0, 0.1) is 13.8 Å². The highest BCUT2D eigenvalue weighted by atomic mass is 16.2. The second kappa shape index (κ2) is 4.63. The summed E-state index contributed by atoms with van der Waals surface area (Å²) in [6, 6.07) is 1.82. The molecule has 1 amide bonds. The van der Waals surface area contributed by atoms with E-state index in [2.05, 4.69) is 15.0 Å². The average Bonchev–Trinajstić information content (AvgIpc) is 2.84.